The normalized spacial score (nSPS) is 24.6. The smallest absolute Gasteiger partial charge is 0.339 e. The molecule has 0 aromatic rings. The zero-order chi connectivity index (χ0) is 26.0. The van der Waals surface area contributed by atoms with E-state index in [1.54, 1.807) is 0 Å². The maximum absolute atomic E-state index is 13.7. The fourth-order valence-electron chi connectivity index (χ4n) is 7.80. The third-order valence-corrected chi connectivity index (χ3v) is 8.57. The Balaban J connectivity index is 2.50. The Bertz CT molecular complexity index is 656. The molecule has 0 unspecified atom stereocenters. The summed E-state index contributed by atoms with van der Waals surface area (Å²) >= 11 is 0. The molecule has 0 radical (unpaired) electrons. The molecule has 0 aromatic carbocycles. The molecule has 2 heterocycles. The first-order valence-electron chi connectivity index (χ1n) is 13.6. The molecule has 2 rings (SSSR count). The molecule has 34 heavy (non-hydrogen) atoms. The van der Waals surface area contributed by atoms with Gasteiger partial charge in [-0.2, -0.15) is 0 Å². The van der Waals surface area contributed by atoms with Gasteiger partial charge in [0, 0.05) is 28.6 Å². The molecule has 0 atom stereocenters. The fraction of sp³-hybridized carbons (Fsp3) is 0.929. The molecule has 0 spiro atoms. The van der Waals surface area contributed by atoms with Crippen molar-refractivity contribution in [2.45, 2.75) is 167 Å². The fourth-order valence-corrected chi connectivity index (χ4v) is 7.80. The van der Waals surface area contributed by atoms with Gasteiger partial charge in [-0.3, -0.25) is 14.6 Å². The van der Waals surface area contributed by atoms with Gasteiger partial charge in [0.2, 0.25) is 0 Å². The zero-order valence-corrected chi connectivity index (χ0v) is 23.3. The summed E-state index contributed by atoms with van der Waals surface area (Å²) in [7, 11) is 0. The quantitative estimate of drug-likeness (QED) is 0.321. The Hall–Kier alpha value is -1.14. The van der Waals surface area contributed by atoms with E-state index in [1.165, 1.54) is 0 Å². The second kappa shape index (κ2) is 10.5. The second-order valence-corrected chi connectivity index (χ2v) is 13.4. The molecule has 0 amide bonds. The molecule has 2 saturated heterocycles. The monoisotopic (exact) mass is 480 g/mol. The van der Waals surface area contributed by atoms with Crippen LogP contribution in [0.1, 0.15) is 139 Å². The lowest BCUT2D eigenvalue weighted by atomic mass is 9.71. The van der Waals surface area contributed by atoms with Crippen LogP contribution < -0.4 is 0 Å². The summed E-state index contributed by atoms with van der Waals surface area (Å²) in [6.45, 7) is 17.9. The van der Waals surface area contributed by atoms with Crippen molar-refractivity contribution in [2.75, 3.05) is 0 Å². The van der Waals surface area contributed by atoms with Crippen LogP contribution in [0.25, 0.3) is 0 Å². The number of piperidine rings is 2. The van der Waals surface area contributed by atoms with Crippen molar-refractivity contribution in [3.63, 3.8) is 0 Å². The molecular formula is C28H52N2O4. The summed E-state index contributed by atoms with van der Waals surface area (Å²) in [5.74, 6) is -1.46. The van der Waals surface area contributed by atoms with E-state index in [-0.39, 0.29) is 28.6 Å². The largest absolute Gasteiger partial charge is 0.481 e. The van der Waals surface area contributed by atoms with Gasteiger partial charge in [0.25, 0.3) is 0 Å². The summed E-state index contributed by atoms with van der Waals surface area (Å²) in [4.78, 5) is 29.3. The molecule has 0 saturated carbocycles. The van der Waals surface area contributed by atoms with Crippen molar-refractivity contribution in [2.24, 2.45) is 0 Å². The highest BCUT2D eigenvalue weighted by atomic mass is 16.4. The zero-order valence-electron chi connectivity index (χ0n) is 23.3. The van der Waals surface area contributed by atoms with E-state index in [4.69, 9.17) is 5.11 Å². The summed E-state index contributed by atoms with van der Waals surface area (Å²) < 4.78 is 0. The predicted molar refractivity (Wildman–Crippen MR) is 138 cm³/mol. The van der Waals surface area contributed by atoms with E-state index < -0.39 is 17.6 Å². The molecule has 198 valence electrons. The van der Waals surface area contributed by atoms with Gasteiger partial charge < -0.3 is 10.2 Å². The van der Waals surface area contributed by atoms with E-state index in [1.807, 2.05) is 0 Å². The van der Waals surface area contributed by atoms with Gasteiger partial charge in [0.15, 0.2) is 5.66 Å². The van der Waals surface area contributed by atoms with Crippen molar-refractivity contribution in [1.29, 1.82) is 0 Å². The minimum absolute atomic E-state index is 0.214. The maximum Gasteiger partial charge on any atom is 0.339 e. The van der Waals surface area contributed by atoms with Crippen LogP contribution in [-0.4, -0.2) is 59.8 Å². The molecule has 2 aliphatic heterocycles. The Labute approximate surface area is 208 Å². The molecule has 6 nitrogen and oxygen atoms in total. The number of carbonyl (C=O) groups is 2. The molecular weight excluding hydrogens is 428 g/mol. The lowest BCUT2D eigenvalue weighted by Gasteiger charge is -2.68. The van der Waals surface area contributed by atoms with Gasteiger partial charge in [-0.1, -0.05) is 19.3 Å². The van der Waals surface area contributed by atoms with E-state index in [2.05, 4.69) is 65.2 Å². The Morgan fingerprint density at radius 2 is 1.00 bits per heavy atom. The third-order valence-electron chi connectivity index (χ3n) is 8.57. The summed E-state index contributed by atoms with van der Waals surface area (Å²) in [5.41, 5.74) is -2.02. The molecule has 0 bridgehead atoms. The van der Waals surface area contributed by atoms with E-state index in [0.717, 1.165) is 64.2 Å². The van der Waals surface area contributed by atoms with Crippen molar-refractivity contribution in [3.05, 3.63) is 0 Å². The van der Waals surface area contributed by atoms with Crippen LogP contribution in [-0.2, 0) is 9.59 Å². The Morgan fingerprint density at radius 3 is 1.35 bits per heavy atom. The van der Waals surface area contributed by atoms with Crippen molar-refractivity contribution < 1.29 is 19.8 Å². The number of hydrogen-bond donors (Lipinski definition) is 2. The number of nitrogens with zero attached hydrogens (tertiary/aromatic N) is 2. The Kier molecular flexibility index (Phi) is 8.95. The average molecular weight is 481 g/mol. The number of unbranched alkanes of at least 4 members (excludes halogenated alkanes) is 4. The molecule has 6 heteroatoms. The van der Waals surface area contributed by atoms with Gasteiger partial charge in [-0.25, -0.2) is 4.79 Å². The van der Waals surface area contributed by atoms with E-state index in [9.17, 15) is 14.7 Å². The summed E-state index contributed by atoms with van der Waals surface area (Å²) in [5, 5.41) is 20.1. The number of aliphatic carboxylic acids is 2. The standard InChI is InChI=1S/C28H52N2O4/c1-24(2)17-14-18-25(3,4)29(24)28(23(33)34,21-13-11-9-10-12-16-22(31)32)30-26(5,6)19-15-20-27(30,7)8/h9-21H2,1-8H3,(H,31,32)(H,33,34). The van der Waals surface area contributed by atoms with Crippen LogP contribution in [0.15, 0.2) is 0 Å². The lowest BCUT2D eigenvalue weighted by Crippen LogP contribution is -2.82. The van der Waals surface area contributed by atoms with Crippen LogP contribution in [0.2, 0.25) is 0 Å². The minimum atomic E-state index is -1.10. The molecule has 2 fully saturated rings. The van der Waals surface area contributed by atoms with E-state index >= 15 is 0 Å². The highest BCUT2D eigenvalue weighted by Crippen LogP contribution is 2.53. The Morgan fingerprint density at radius 1 is 0.647 bits per heavy atom. The SMILES string of the molecule is CC1(C)CCCC(C)(C)N1C(CCCCCCCC(=O)O)(C(=O)O)N1C(C)(C)CCCC1(C)C. The second-order valence-electron chi connectivity index (χ2n) is 13.4. The van der Waals surface area contributed by atoms with Crippen LogP contribution in [0.5, 0.6) is 0 Å². The van der Waals surface area contributed by atoms with Gasteiger partial charge in [0.05, 0.1) is 0 Å². The topological polar surface area (TPSA) is 81.1 Å². The number of carboxylic acid groups (broad SMARTS) is 2. The van der Waals surface area contributed by atoms with Crippen molar-refractivity contribution in [1.82, 2.24) is 9.80 Å². The van der Waals surface area contributed by atoms with E-state index in [0.29, 0.717) is 12.8 Å². The molecule has 2 N–H and O–H groups in total. The minimum Gasteiger partial charge on any atom is -0.481 e. The lowest BCUT2D eigenvalue weighted by molar-refractivity contribution is -0.246. The number of carboxylic acids is 2. The summed E-state index contributed by atoms with van der Waals surface area (Å²) in [6.07, 6.45) is 11.3. The third kappa shape index (κ3) is 5.98. The van der Waals surface area contributed by atoms with Crippen LogP contribution in [0.3, 0.4) is 0 Å². The van der Waals surface area contributed by atoms with Gasteiger partial charge in [0.1, 0.15) is 0 Å². The van der Waals surface area contributed by atoms with Crippen LogP contribution in [0.4, 0.5) is 0 Å². The molecule has 0 aliphatic carbocycles. The highest BCUT2D eigenvalue weighted by molar-refractivity contribution is 5.79. The first-order valence-corrected chi connectivity index (χ1v) is 13.6. The van der Waals surface area contributed by atoms with Gasteiger partial charge in [-0.05, 0) is 113 Å². The number of rotatable bonds is 11. The number of hydrogen-bond acceptors (Lipinski definition) is 4. The van der Waals surface area contributed by atoms with Crippen LogP contribution >= 0.6 is 0 Å². The highest BCUT2D eigenvalue weighted by Gasteiger charge is 2.64. The summed E-state index contributed by atoms with van der Waals surface area (Å²) in [6, 6.07) is 0. The number of likely N-dealkylation sites (tertiary alicyclic amines) is 2. The van der Waals surface area contributed by atoms with Crippen molar-refractivity contribution >= 4 is 11.9 Å². The molecule has 2 aliphatic rings. The van der Waals surface area contributed by atoms with Crippen molar-refractivity contribution in [3.8, 4) is 0 Å². The van der Waals surface area contributed by atoms with Crippen LogP contribution in [0, 0.1) is 0 Å². The van der Waals surface area contributed by atoms with Gasteiger partial charge >= 0.3 is 11.9 Å². The predicted octanol–water partition coefficient (Wildman–Crippen LogP) is 6.67. The van der Waals surface area contributed by atoms with Gasteiger partial charge in [-0.15, -0.1) is 0 Å². The first-order chi connectivity index (χ1) is 15.5. The first kappa shape index (κ1) is 29.1. The maximum atomic E-state index is 13.7. The average Bonchev–Trinajstić information content (AvgIpc) is 2.63. The molecule has 0 aromatic heterocycles.